The van der Waals surface area contributed by atoms with Crippen LogP contribution in [0.5, 0.6) is 0 Å². The van der Waals surface area contributed by atoms with Gasteiger partial charge in [0.2, 0.25) is 0 Å². The molecule has 1 aromatic rings. The zero-order chi connectivity index (χ0) is 12.4. The van der Waals surface area contributed by atoms with Gasteiger partial charge in [-0.1, -0.05) is 12.8 Å². The third kappa shape index (κ3) is 2.17. The lowest BCUT2D eigenvalue weighted by Gasteiger charge is -2.36. The van der Waals surface area contributed by atoms with Gasteiger partial charge in [0.1, 0.15) is 0 Å². The van der Waals surface area contributed by atoms with Crippen molar-refractivity contribution >= 4 is 0 Å². The van der Waals surface area contributed by atoms with E-state index in [1.54, 1.807) is 0 Å². The Balaban J connectivity index is 1.80. The summed E-state index contributed by atoms with van der Waals surface area (Å²) in [6, 6.07) is 5.41. The molecule has 1 saturated carbocycles. The van der Waals surface area contributed by atoms with E-state index in [1.165, 1.54) is 44.2 Å². The first-order valence-corrected chi connectivity index (χ1v) is 7.26. The molecule has 1 aliphatic heterocycles. The van der Waals surface area contributed by atoms with Crippen LogP contribution in [0.3, 0.4) is 0 Å². The second kappa shape index (κ2) is 5.37. The fraction of sp³-hybridized carbons (Fsp3) is 0.667. The van der Waals surface area contributed by atoms with Crippen LogP contribution in [0.2, 0.25) is 0 Å². The Morgan fingerprint density at radius 1 is 1.22 bits per heavy atom. The Kier molecular flexibility index (Phi) is 3.62. The summed E-state index contributed by atoms with van der Waals surface area (Å²) in [5, 5.41) is 0. The fourth-order valence-corrected chi connectivity index (χ4v) is 3.88. The summed E-state index contributed by atoms with van der Waals surface area (Å²) in [6.45, 7) is 1.94. The summed E-state index contributed by atoms with van der Waals surface area (Å²) >= 11 is 0. The smallest absolute Gasteiger partial charge is 0.0474 e. The highest BCUT2D eigenvalue weighted by molar-refractivity contribution is 5.17. The molecule has 2 N–H and O–H groups in total. The van der Waals surface area contributed by atoms with Crippen molar-refractivity contribution in [3.8, 4) is 0 Å². The average molecular weight is 245 g/mol. The minimum atomic E-state index is 0.390. The molecule has 1 aliphatic carbocycles. The third-order valence-electron chi connectivity index (χ3n) is 4.77. The van der Waals surface area contributed by atoms with Gasteiger partial charge in [-0.3, -0.25) is 9.88 Å². The van der Waals surface area contributed by atoms with Crippen molar-refractivity contribution in [1.29, 1.82) is 0 Å². The van der Waals surface area contributed by atoms with Gasteiger partial charge >= 0.3 is 0 Å². The average Bonchev–Trinajstić information content (AvgIpc) is 2.85. The van der Waals surface area contributed by atoms with Crippen molar-refractivity contribution in [1.82, 2.24) is 9.88 Å². The van der Waals surface area contributed by atoms with Crippen LogP contribution in [0.1, 0.15) is 43.7 Å². The molecule has 2 fully saturated rings. The fourth-order valence-electron chi connectivity index (χ4n) is 3.88. The molecule has 1 aromatic heterocycles. The molecule has 2 aliphatic rings. The zero-order valence-corrected chi connectivity index (χ0v) is 11.0. The Bertz CT molecular complexity index is 379. The Morgan fingerprint density at radius 2 is 2.00 bits per heavy atom. The first-order chi connectivity index (χ1) is 8.90. The summed E-state index contributed by atoms with van der Waals surface area (Å²) in [6.07, 6.45) is 10.7. The van der Waals surface area contributed by atoms with E-state index in [1.807, 2.05) is 12.4 Å². The van der Waals surface area contributed by atoms with E-state index in [2.05, 4.69) is 22.0 Å². The molecule has 0 spiro atoms. The van der Waals surface area contributed by atoms with Crippen LogP contribution < -0.4 is 5.73 Å². The summed E-state index contributed by atoms with van der Waals surface area (Å²) in [5.41, 5.74) is 7.38. The highest BCUT2D eigenvalue weighted by Crippen LogP contribution is 2.40. The van der Waals surface area contributed by atoms with Crippen molar-refractivity contribution in [2.75, 3.05) is 13.1 Å². The van der Waals surface area contributed by atoms with E-state index in [0.29, 0.717) is 12.6 Å². The molecular weight excluding hydrogens is 222 g/mol. The quantitative estimate of drug-likeness (QED) is 0.889. The summed E-state index contributed by atoms with van der Waals surface area (Å²) < 4.78 is 0. The van der Waals surface area contributed by atoms with E-state index >= 15 is 0 Å². The minimum Gasteiger partial charge on any atom is -0.329 e. The van der Waals surface area contributed by atoms with Gasteiger partial charge in [-0.05, 0) is 49.4 Å². The molecule has 3 heteroatoms. The lowest BCUT2D eigenvalue weighted by Crippen LogP contribution is -2.40. The SMILES string of the molecule is NCC(c1ccncc1)N1CCC2CCCCC21. The van der Waals surface area contributed by atoms with Crippen molar-refractivity contribution in [2.24, 2.45) is 11.7 Å². The highest BCUT2D eigenvalue weighted by atomic mass is 15.2. The van der Waals surface area contributed by atoms with Crippen LogP contribution in [0.15, 0.2) is 24.5 Å². The summed E-state index contributed by atoms with van der Waals surface area (Å²) in [5.74, 6) is 0.926. The maximum absolute atomic E-state index is 6.04. The van der Waals surface area contributed by atoms with Crippen LogP contribution in [0, 0.1) is 5.92 Å². The number of pyridine rings is 1. The van der Waals surface area contributed by atoms with Crippen LogP contribution in [-0.2, 0) is 0 Å². The highest BCUT2D eigenvalue weighted by Gasteiger charge is 2.38. The molecule has 0 amide bonds. The third-order valence-corrected chi connectivity index (χ3v) is 4.77. The molecule has 98 valence electrons. The number of likely N-dealkylation sites (tertiary alicyclic amines) is 1. The first kappa shape index (κ1) is 12.1. The van der Waals surface area contributed by atoms with Crippen LogP contribution in [0.4, 0.5) is 0 Å². The molecule has 18 heavy (non-hydrogen) atoms. The normalized spacial score (nSPS) is 30.1. The predicted octanol–water partition coefficient (Wildman–Crippen LogP) is 2.35. The summed E-state index contributed by atoms with van der Waals surface area (Å²) in [4.78, 5) is 6.78. The number of nitrogens with two attached hydrogens (primary N) is 1. The molecule has 0 bridgehead atoms. The van der Waals surface area contributed by atoms with Gasteiger partial charge in [0, 0.05) is 31.0 Å². The number of aromatic nitrogens is 1. The zero-order valence-electron chi connectivity index (χ0n) is 11.0. The number of hydrogen-bond acceptors (Lipinski definition) is 3. The predicted molar refractivity (Wildman–Crippen MR) is 73.1 cm³/mol. The van der Waals surface area contributed by atoms with Gasteiger partial charge in [-0.15, -0.1) is 0 Å². The van der Waals surface area contributed by atoms with Gasteiger partial charge in [0.05, 0.1) is 0 Å². The monoisotopic (exact) mass is 245 g/mol. The molecule has 0 aromatic carbocycles. The Labute approximate surface area is 109 Å². The van der Waals surface area contributed by atoms with Crippen LogP contribution in [-0.4, -0.2) is 29.0 Å². The summed E-state index contributed by atoms with van der Waals surface area (Å²) in [7, 11) is 0. The second-order valence-corrected chi connectivity index (χ2v) is 5.67. The topological polar surface area (TPSA) is 42.1 Å². The van der Waals surface area contributed by atoms with Crippen molar-refractivity contribution in [2.45, 2.75) is 44.2 Å². The van der Waals surface area contributed by atoms with Crippen molar-refractivity contribution in [3.05, 3.63) is 30.1 Å². The van der Waals surface area contributed by atoms with E-state index in [-0.39, 0.29) is 0 Å². The molecule has 3 rings (SSSR count). The van der Waals surface area contributed by atoms with Gasteiger partial charge < -0.3 is 5.73 Å². The van der Waals surface area contributed by atoms with E-state index in [9.17, 15) is 0 Å². The number of rotatable bonds is 3. The molecule has 3 atom stereocenters. The van der Waals surface area contributed by atoms with E-state index < -0.39 is 0 Å². The number of fused-ring (bicyclic) bond motifs is 1. The lowest BCUT2D eigenvalue weighted by atomic mass is 9.84. The van der Waals surface area contributed by atoms with Gasteiger partial charge in [-0.25, -0.2) is 0 Å². The maximum Gasteiger partial charge on any atom is 0.0474 e. The largest absolute Gasteiger partial charge is 0.329 e. The maximum atomic E-state index is 6.04. The van der Waals surface area contributed by atoms with Gasteiger partial charge in [0.25, 0.3) is 0 Å². The second-order valence-electron chi connectivity index (χ2n) is 5.67. The Hall–Kier alpha value is -0.930. The van der Waals surface area contributed by atoms with Gasteiger partial charge in [0.15, 0.2) is 0 Å². The molecule has 2 heterocycles. The molecule has 3 nitrogen and oxygen atoms in total. The minimum absolute atomic E-state index is 0.390. The van der Waals surface area contributed by atoms with E-state index in [0.717, 1.165) is 12.0 Å². The van der Waals surface area contributed by atoms with Crippen LogP contribution in [0.25, 0.3) is 0 Å². The Morgan fingerprint density at radius 3 is 2.78 bits per heavy atom. The lowest BCUT2D eigenvalue weighted by molar-refractivity contribution is 0.135. The standard InChI is InChI=1S/C15H23N3/c16-11-15(13-5-8-17-9-6-13)18-10-7-12-3-1-2-4-14(12)18/h5-6,8-9,12,14-15H,1-4,7,10-11,16H2. The number of hydrogen-bond donors (Lipinski definition) is 1. The van der Waals surface area contributed by atoms with Crippen molar-refractivity contribution < 1.29 is 0 Å². The van der Waals surface area contributed by atoms with Gasteiger partial charge in [-0.2, -0.15) is 0 Å². The molecule has 0 radical (unpaired) electrons. The van der Waals surface area contributed by atoms with Crippen molar-refractivity contribution in [3.63, 3.8) is 0 Å². The molecule has 1 saturated heterocycles. The number of nitrogens with zero attached hydrogens (tertiary/aromatic N) is 2. The molecule has 3 unspecified atom stereocenters. The van der Waals surface area contributed by atoms with E-state index in [4.69, 9.17) is 5.73 Å². The molecular formula is C15H23N3. The van der Waals surface area contributed by atoms with Crippen LogP contribution >= 0.6 is 0 Å². The first-order valence-electron chi connectivity index (χ1n) is 7.26.